The Bertz CT molecular complexity index is 378. The summed E-state index contributed by atoms with van der Waals surface area (Å²) in [6, 6.07) is 0. The van der Waals surface area contributed by atoms with Crippen molar-refractivity contribution in [2.45, 2.75) is 61.4 Å². The van der Waals surface area contributed by atoms with E-state index in [1.54, 1.807) is 0 Å². The van der Waals surface area contributed by atoms with Crippen molar-refractivity contribution in [3.63, 3.8) is 0 Å². The number of ether oxygens (including phenoxy) is 3. The van der Waals surface area contributed by atoms with Crippen molar-refractivity contribution in [1.82, 2.24) is 0 Å². The monoisotopic (exact) mass is 342 g/mol. The predicted octanol–water partition coefficient (Wildman–Crippen LogP) is -5.40. The molecule has 8 N–H and O–H groups in total. The molecule has 136 valence electrons. The van der Waals surface area contributed by atoms with Crippen LogP contribution in [0, 0.1) is 0 Å². The molecule has 11 nitrogen and oxygen atoms in total. The van der Waals surface area contributed by atoms with Crippen molar-refractivity contribution in [2.24, 2.45) is 0 Å². The van der Waals surface area contributed by atoms with Gasteiger partial charge in [0.2, 0.25) is 0 Å². The van der Waals surface area contributed by atoms with Crippen molar-refractivity contribution >= 4 is 0 Å². The highest BCUT2D eigenvalue weighted by Gasteiger charge is 2.50. The Morgan fingerprint density at radius 2 is 1.26 bits per heavy atom. The molecule has 2 rings (SSSR count). The lowest BCUT2D eigenvalue weighted by atomic mass is 9.97. The molecule has 2 fully saturated rings. The molecule has 23 heavy (non-hydrogen) atoms. The quantitative estimate of drug-likeness (QED) is 0.243. The molecular weight excluding hydrogens is 320 g/mol. The summed E-state index contributed by atoms with van der Waals surface area (Å²) in [5, 5.41) is 76.5. The zero-order valence-electron chi connectivity index (χ0n) is 12.0. The molecule has 0 spiro atoms. The van der Waals surface area contributed by atoms with E-state index in [1.165, 1.54) is 0 Å². The van der Waals surface area contributed by atoms with E-state index in [0.717, 1.165) is 0 Å². The summed E-state index contributed by atoms with van der Waals surface area (Å²) in [5.74, 6) is 0. The van der Waals surface area contributed by atoms with Crippen molar-refractivity contribution in [3.8, 4) is 0 Å². The average Bonchev–Trinajstić information content (AvgIpc) is 2.55. The van der Waals surface area contributed by atoms with Gasteiger partial charge in [0.15, 0.2) is 12.6 Å². The molecular formula is C12H22O11. The van der Waals surface area contributed by atoms with E-state index in [0.29, 0.717) is 0 Å². The fraction of sp³-hybridized carbons (Fsp3) is 1.00. The largest absolute Gasteiger partial charge is 0.394 e. The van der Waals surface area contributed by atoms with Gasteiger partial charge in [0, 0.05) is 0 Å². The molecule has 0 amide bonds. The van der Waals surface area contributed by atoms with E-state index in [4.69, 9.17) is 19.3 Å². The summed E-state index contributed by atoms with van der Waals surface area (Å²) in [6.45, 7) is -1.35. The summed E-state index contributed by atoms with van der Waals surface area (Å²) >= 11 is 0. The summed E-state index contributed by atoms with van der Waals surface area (Å²) in [4.78, 5) is 0. The molecule has 0 unspecified atom stereocenters. The van der Waals surface area contributed by atoms with E-state index in [-0.39, 0.29) is 0 Å². The molecule has 11 heteroatoms. The van der Waals surface area contributed by atoms with Gasteiger partial charge in [0.25, 0.3) is 0 Å². The van der Waals surface area contributed by atoms with E-state index in [2.05, 4.69) is 0 Å². The van der Waals surface area contributed by atoms with E-state index in [1.807, 2.05) is 0 Å². The van der Waals surface area contributed by atoms with Crippen LogP contribution in [0.2, 0.25) is 0 Å². The van der Waals surface area contributed by atoms with Crippen molar-refractivity contribution in [1.29, 1.82) is 0 Å². The van der Waals surface area contributed by atoms with Gasteiger partial charge in [0.1, 0.15) is 48.8 Å². The van der Waals surface area contributed by atoms with Crippen LogP contribution in [0.3, 0.4) is 0 Å². The molecule has 0 saturated carbocycles. The third-order valence-electron chi connectivity index (χ3n) is 3.98. The lowest BCUT2D eigenvalue weighted by Crippen LogP contribution is -2.64. The van der Waals surface area contributed by atoms with E-state index >= 15 is 0 Å². The van der Waals surface area contributed by atoms with Crippen molar-refractivity contribution in [3.05, 3.63) is 0 Å². The molecule has 10 atom stereocenters. The standard InChI is InChI=1S/C12H22O11/c13-1-3-5(15)6(16)9(19)12(22-3)23-10-4(2-14)21-11(20)8(18)7(10)17/h3-20H,1-2H2/t3-,4-,5+,6-,7-,8+,9-,10-,11-,12+/m0/s1. The van der Waals surface area contributed by atoms with Crippen molar-refractivity contribution in [2.75, 3.05) is 13.2 Å². The Morgan fingerprint density at radius 3 is 1.83 bits per heavy atom. The number of aliphatic hydroxyl groups is 8. The Morgan fingerprint density at radius 1 is 0.652 bits per heavy atom. The molecule has 2 heterocycles. The molecule has 0 aromatic rings. The highest BCUT2D eigenvalue weighted by molar-refractivity contribution is 4.93. The van der Waals surface area contributed by atoms with Gasteiger partial charge in [0.05, 0.1) is 13.2 Å². The molecule has 0 aliphatic carbocycles. The second kappa shape index (κ2) is 7.63. The van der Waals surface area contributed by atoms with Crippen LogP contribution in [-0.2, 0) is 14.2 Å². The van der Waals surface area contributed by atoms with Gasteiger partial charge >= 0.3 is 0 Å². The van der Waals surface area contributed by atoms with Crippen LogP contribution in [0.15, 0.2) is 0 Å². The van der Waals surface area contributed by atoms with Crippen LogP contribution in [0.4, 0.5) is 0 Å². The van der Waals surface area contributed by atoms with Gasteiger partial charge < -0.3 is 55.1 Å². The van der Waals surface area contributed by atoms with Crippen LogP contribution in [-0.4, -0.2) is 115 Å². The number of aliphatic hydroxyl groups excluding tert-OH is 8. The van der Waals surface area contributed by atoms with Crippen molar-refractivity contribution < 1.29 is 55.1 Å². The number of rotatable bonds is 4. The minimum absolute atomic E-state index is 0.667. The van der Waals surface area contributed by atoms with Crippen LogP contribution in [0.5, 0.6) is 0 Å². The molecule has 0 aromatic carbocycles. The topological polar surface area (TPSA) is 190 Å². The second-order valence-corrected chi connectivity index (χ2v) is 5.53. The smallest absolute Gasteiger partial charge is 0.187 e. The first kappa shape index (κ1) is 18.9. The van der Waals surface area contributed by atoms with Crippen LogP contribution >= 0.6 is 0 Å². The minimum atomic E-state index is -1.74. The zero-order valence-corrected chi connectivity index (χ0v) is 12.0. The third-order valence-corrected chi connectivity index (χ3v) is 3.98. The fourth-order valence-electron chi connectivity index (χ4n) is 2.57. The van der Waals surface area contributed by atoms with Gasteiger partial charge in [-0.1, -0.05) is 0 Å². The second-order valence-electron chi connectivity index (χ2n) is 5.53. The summed E-state index contributed by atoms with van der Waals surface area (Å²) in [5.41, 5.74) is 0. The lowest BCUT2D eigenvalue weighted by Gasteiger charge is -2.45. The molecule has 0 aromatic heterocycles. The first-order valence-corrected chi connectivity index (χ1v) is 7.08. The number of hydrogen-bond acceptors (Lipinski definition) is 11. The fourth-order valence-corrected chi connectivity index (χ4v) is 2.57. The lowest BCUT2D eigenvalue weighted by molar-refractivity contribution is -0.355. The summed E-state index contributed by atoms with van der Waals surface area (Å²) < 4.78 is 15.3. The maximum absolute atomic E-state index is 9.94. The molecule has 0 radical (unpaired) electrons. The zero-order chi connectivity index (χ0) is 17.3. The van der Waals surface area contributed by atoms with Crippen LogP contribution in [0.1, 0.15) is 0 Å². The summed E-state index contributed by atoms with van der Waals surface area (Å²) in [6.07, 6.45) is -15.6. The molecule has 2 saturated heterocycles. The van der Waals surface area contributed by atoms with Gasteiger partial charge in [-0.2, -0.15) is 0 Å². The maximum atomic E-state index is 9.94. The normalized spacial score (nSPS) is 51.7. The predicted molar refractivity (Wildman–Crippen MR) is 68.6 cm³/mol. The molecule has 0 bridgehead atoms. The first-order chi connectivity index (χ1) is 10.8. The molecule has 2 aliphatic heterocycles. The van der Waals surface area contributed by atoms with Crippen LogP contribution in [0.25, 0.3) is 0 Å². The van der Waals surface area contributed by atoms with E-state index < -0.39 is 74.6 Å². The molecule has 2 aliphatic rings. The Kier molecular flexibility index (Phi) is 6.27. The Hall–Kier alpha value is -0.440. The highest BCUT2D eigenvalue weighted by atomic mass is 16.7. The average molecular weight is 342 g/mol. The van der Waals surface area contributed by atoms with Gasteiger partial charge in [-0.3, -0.25) is 0 Å². The minimum Gasteiger partial charge on any atom is -0.394 e. The van der Waals surface area contributed by atoms with Gasteiger partial charge in [-0.05, 0) is 0 Å². The van der Waals surface area contributed by atoms with Crippen LogP contribution < -0.4 is 0 Å². The van der Waals surface area contributed by atoms with Gasteiger partial charge in [-0.25, -0.2) is 0 Å². The Labute approximate surface area is 130 Å². The highest BCUT2D eigenvalue weighted by Crippen LogP contribution is 2.28. The third kappa shape index (κ3) is 3.65. The Balaban J connectivity index is 2.11. The van der Waals surface area contributed by atoms with E-state index in [9.17, 15) is 35.7 Å². The summed E-state index contributed by atoms with van der Waals surface area (Å²) in [7, 11) is 0. The maximum Gasteiger partial charge on any atom is 0.187 e. The van der Waals surface area contributed by atoms with Gasteiger partial charge in [-0.15, -0.1) is 0 Å². The first-order valence-electron chi connectivity index (χ1n) is 7.08. The SMILES string of the molecule is OC[C@@H]1O[C@H](O[C@@H]2[C@@H](O)[C@@H](O)[C@@H](O)O[C@H]2CO)[C@@H](O)[C@@H](O)[C@@H]1O. The number of hydrogen-bond donors (Lipinski definition) is 8.